The van der Waals surface area contributed by atoms with Crippen LogP contribution in [-0.4, -0.2) is 0 Å². The molecule has 0 aliphatic heterocycles. The van der Waals surface area contributed by atoms with Crippen LogP contribution < -0.4 is 5.73 Å². The predicted octanol–water partition coefficient (Wildman–Crippen LogP) is 4.42. The third-order valence-corrected chi connectivity index (χ3v) is 2.85. The summed E-state index contributed by atoms with van der Waals surface area (Å²) in [6.45, 7) is 2.04. The summed E-state index contributed by atoms with van der Waals surface area (Å²) >= 11 is 0. The first-order valence-corrected chi connectivity index (χ1v) is 5.98. The Bertz CT molecular complexity index is 387. The smallest absolute Gasteiger partial charge is 0.324 e. The number of nitrogens with two attached hydrogens (primary N) is 1. The van der Waals surface area contributed by atoms with Crippen LogP contribution in [0.5, 0.6) is 0 Å². The van der Waals surface area contributed by atoms with Gasteiger partial charge in [0.05, 0.1) is 5.56 Å². The van der Waals surface area contributed by atoms with E-state index >= 15 is 0 Å². The van der Waals surface area contributed by atoms with Crippen molar-refractivity contribution < 1.29 is 17.6 Å². The summed E-state index contributed by atoms with van der Waals surface area (Å²) in [6.07, 6.45) is -1.07. The van der Waals surface area contributed by atoms with E-state index in [2.05, 4.69) is 0 Å². The predicted molar refractivity (Wildman–Crippen MR) is 62.5 cm³/mol. The van der Waals surface area contributed by atoms with E-state index in [1.165, 1.54) is 6.07 Å². The molecule has 1 aromatic rings. The average Bonchev–Trinajstić information content (AvgIpc) is 2.27. The van der Waals surface area contributed by atoms with Gasteiger partial charge in [-0.15, -0.1) is 0 Å². The first kappa shape index (κ1) is 15.0. The van der Waals surface area contributed by atoms with E-state index in [-0.39, 0.29) is 0 Å². The Morgan fingerprint density at radius 2 is 1.89 bits per heavy atom. The number of benzene rings is 1. The van der Waals surface area contributed by atoms with Gasteiger partial charge < -0.3 is 5.73 Å². The number of alkyl halides is 3. The number of halogens is 4. The normalized spacial score (nSPS) is 13.7. The third-order valence-electron chi connectivity index (χ3n) is 2.85. The van der Waals surface area contributed by atoms with Crippen molar-refractivity contribution in [2.75, 3.05) is 0 Å². The lowest BCUT2D eigenvalue weighted by Crippen LogP contribution is -2.13. The molecule has 0 aromatic heterocycles. The van der Waals surface area contributed by atoms with Gasteiger partial charge in [-0.3, -0.25) is 0 Å². The zero-order chi connectivity index (χ0) is 13.8. The molecule has 1 rings (SSSR count). The average molecular weight is 263 g/mol. The van der Waals surface area contributed by atoms with Crippen LogP contribution in [0.25, 0.3) is 0 Å². The number of hydrogen-bond donors (Lipinski definition) is 1. The zero-order valence-corrected chi connectivity index (χ0v) is 10.2. The van der Waals surface area contributed by atoms with Crippen LogP contribution in [0.3, 0.4) is 0 Å². The van der Waals surface area contributed by atoms with Gasteiger partial charge in [-0.1, -0.05) is 32.3 Å². The summed E-state index contributed by atoms with van der Waals surface area (Å²) in [7, 11) is 0. The highest BCUT2D eigenvalue weighted by molar-refractivity contribution is 5.28. The molecule has 0 radical (unpaired) electrons. The van der Waals surface area contributed by atoms with Gasteiger partial charge in [0.15, 0.2) is 0 Å². The van der Waals surface area contributed by atoms with E-state index in [9.17, 15) is 17.6 Å². The van der Waals surface area contributed by atoms with E-state index in [0.717, 1.165) is 31.4 Å². The van der Waals surface area contributed by atoms with Crippen molar-refractivity contribution in [1.82, 2.24) is 0 Å². The summed E-state index contributed by atoms with van der Waals surface area (Å²) < 4.78 is 50.4. The second-order valence-corrected chi connectivity index (χ2v) is 4.34. The zero-order valence-electron chi connectivity index (χ0n) is 10.2. The van der Waals surface area contributed by atoms with Gasteiger partial charge in [0, 0.05) is 6.04 Å². The Balaban J connectivity index is 2.78. The van der Waals surface area contributed by atoms with Crippen LogP contribution >= 0.6 is 0 Å². The van der Waals surface area contributed by atoms with Crippen molar-refractivity contribution in [3.63, 3.8) is 0 Å². The Labute approximate surface area is 104 Å². The molecule has 1 atom stereocenters. The number of unbranched alkanes of at least 4 members (excludes halogenated alkanes) is 2. The highest BCUT2D eigenvalue weighted by Gasteiger charge is 2.34. The molecule has 2 N–H and O–H groups in total. The summed E-state index contributed by atoms with van der Waals surface area (Å²) in [5.74, 6) is -1.26. The molecular weight excluding hydrogens is 246 g/mol. The lowest BCUT2D eigenvalue weighted by atomic mass is 9.99. The molecule has 18 heavy (non-hydrogen) atoms. The van der Waals surface area contributed by atoms with Crippen LogP contribution in [0.15, 0.2) is 18.2 Å². The molecule has 0 fully saturated rings. The molecule has 0 saturated carbocycles. The molecule has 0 aliphatic carbocycles. The Hall–Kier alpha value is -1.10. The van der Waals surface area contributed by atoms with E-state index in [1.807, 2.05) is 6.92 Å². The van der Waals surface area contributed by atoms with Crippen LogP contribution in [0, 0.1) is 5.82 Å². The standard InChI is InChI=1S/C13H17F4N/c1-2-3-4-5-12(18)9-6-7-10(11(14)8-9)13(15,16)17/h6-8,12H,2-5,18H2,1H3/t12-/m0/s1. The fraction of sp³-hybridized carbons (Fsp3) is 0.538. The first-order valence-electron chi connectivity index (χ1n) is 5.98. The quantitative estimate of drug-likeness (QED) is 0.617. The van der Waals surface area contributed by atoms with Crippen LogP contribution in [0.4, 0.5) is 17.6 Å². The molecule has 1 aromatic carbocycles. The molecule has 0 bridgehead atoms. The second-order valence-electron chi connectivity index (χ2n) is 4.34. The number of rotatable bonds is 5. The van der Waals surface area contributed by atoms with E-state index in [1.54, 1.807) is 0 Å². The third kappa shape index (κ3) is 3.98. The van der Waals surface area contributed by atoms with E-state index in [4.69, 9.17) is 5.73 Å². The molecule has 5 heteroatoms. The summed E-state index contributed by atoms with van der Waals surface area (Å²) in [5.41, 5.74) is 4.99. The lowest BCUT2D eigenvalue weighted by molar-refractivity contribution is -0.140. The SMILES string of the molecule is CCCCC[C@H](N)c1ccc(C(F)(F)F)c(F)c1. The van der Waals surface area contributed by atoms with Crippen molar-refractivity contribution >= 4 is 0 Å². The van der Waals surface area contributed by atoms with Gasteiger partial charge in [0.1, 0.15) is 5.82 Å². The maximum Gasteiger partial charge on any atom is 0.419 e. The van der Waals surface area contributed by atoms with Crippen molar-refractivity contribution in [2.45, 2.75) is 44.8 Å². The summed E-state index contributed by atoms with van der Waals surface area (Å²) in [4.78, 5) is 0. The molecule has 0 unspecified atom stereocenters. The fourth-order valence-electron chi connectivity index (χ4n) is 1.77. The largest absolute Gasteiger partial charge is 0.419 e. The number of hydrogen-bond acceptors (Lipinski definition) is 1. The van der Waals surface area contributed by atoms with Crippen molar-refractivity contribution in [3.8, 4) is 0 Å². The second kappa shape index (κ2) is 6.18. The van der Waals surface area contributed by atoms with Gasteiger partial charge >= 0.3 is 6.18 Å². The van der Waals surface area contributed by atoms with Gasteiger partial charge in [0.25, 0.3) is 0 Å². The molecule has 0 heterocycles. The maximum atomic E-state index is 13.3. The monoisotopic (exact) mass is 263 g/mol. The van der Waals surface area contributed by atoms with Crippen LogP contribution in [0.1, 0.15) is 49.8 Å². The first-order chi connectivity index (χ1) is 8.36. The van der Waals surface area contributed by atoms with E-state index < -0.39 is 23.6 Å². The maximum absolute atomic E-state index is 13.3. The highest BCUT2D eigenvalue weighted by Crippen LogP contribution is 2.32. The van der Waals surface area contributed by atoms with Gasteiger partial charge in [0.2, 0.25) is 0 Å². The van der Waals surface area contributed by atoms with Crippen molar-refractivity contribution in [1.29, 1.82) is 0 Å². The van der Waals surface area contributed by atoms with Gasteiger partial charge in [-0.2, -0.15) is 13.2 Å². The van der Waals surface area contributed by atoms with Crippen molar-refractivity contribution in [3.05, 3.63) is 35.1 Å². The molecule has 0 aliphatic rings. The summed E-state index contributed by atoms with van der Waals surface area (Å²) in [6, 6.07) is 2.49. The van der Waals surface area contributed by atoms with Gasteiger partial charge in [-0.05, 0) is 24.1 Å². The molecule has 0 amide bonds. The lowest BCUT2D eigenvalue weighted by Gasteiger charge is -2.14. The minimum Gasteiger partial charge on any atom is -0.324 e. The topological polar surface area (TPSA) is 26.0 Å². The fourth-order valence-corrected chi connectivity index (χ4v) is 1.77. The Morgan fingerprint density at radius 3 is 2.39 bits per heavy atom. The molecule has 0 saturated heterocycles. The summed E-state index contributed by atoms with van der Waals surface area (Å²) in [5, 5.41) is 0. The molecule has 1 nitrogen and oxygen atoms in total. The van der Waals surface area contributed by atoms with Crippen LogP contribution in [-0.2, 0) is 6.18 Å². The molecule has 102 valence electrons. The van der Waals surface area contributed by atoms with Gasteiger partial charge in [-0.25, -0.2) is 4.39 Å². The van der Waals surface area contributed by atoms with E-state index in [0.29, 0.717) is 12.0 Å². The minimum atomic E-state index is -4.66. The van der Waals surface area contributed by atoms with Crippen LogP contribution in [0.2, 0.25) is 0 Å². The highest BCUT2D eigenvalue weighted by atomic mass is 19.4. The Morgan fingerprint density at radius 1 is 1.22 bits per heavy atom. The Kier molecular flexibility index (Phi) is 5.14. The van der Waals surface area contributed by atoms with Crippen molar-refractivity contribution in [2.24, 2.45) is 5.73 Å². The molecular formula is C13H17F4N. The minimum absolute atomic E-state index is 0.409. The molecule has 0 spiro atoms.